The molecule has 0 aliphatic heterocycles. The Morgan fingerprint density at radius 2 is 1.58 bits per heavy atom. The first-order valence-electron chi connectivity index (χ1n) is 8.05. The molecule has 0 bridgehead atoms. The van der Waals surface area contributed by atoms with Crippen molar-refractivity contribution in [2.24, 2.45) is 0 Å². The van der Waals surface area contributed by atoms with Crippen LogP contribution in [0.15, 0.2) is 52.3 Å². The largest absolute Gasteiger partial charge is 0.383 e. The third-order valence-electron chi connectivity index (χ3n) is 4.71. The van der Waals surface area contributed by atoms with E-state index in [4.69, 9.17) is 11.6 Å². The normalized spacial score (nSPS) is 16.3. The van der Waals surface area contributed by atoms with Gasteiger partial charge in [-0.3, -0.25) is 0 Å². The number of anilines is 1. The fourth-order valence-corrected chi connectivity index (χ4v) is 4.70. The Labute approximate surface area is 159 Å². The van der Waals surface area contributed by atoms with Crippen LogP contribution in [0.5, 0.6) is 0 Å². The number of halogens is 1. The van der Waals surface area contributed by atoms with Crippen molar-refractivity contribution in [3.05, 3.63) is 53.1 Å². The van der Waals surface area contributed by atoms with Gasteiger partial charge in [-0.25, -0.2) is 16.8 Å². The Hall–Kier alpha value is -1.57. The second-order valence-corrected chi connectivity index (χ2v) is 11.3. The standard InChI is InChI=1S/C18H20ClNO4S2/c1-25(21,22)15-7-8-16(17(11-15)26(2,23)24)20-12-18(9-10-18)13-3-5-14(19)6-4-13/h3-8,11,20H,9-10,12H2,1-2H3. The highest BCUT2D eigenvalue weighted by Crippen LogP contribution is 2.48. The van der Waals surface area contributed by atoms with Crippen LogP contribution in [-0.2, 0) is 25.1 Å². The quantitative estimate of drug-likeness (QED) is 0.785. The molecular weight excluding hydrogens is 394 g/mol. The van der Waals surface area contributed by atoms with Gasteiger partial charge in [-0.15, -0.1) is 0 Å². The number of benzene rings is 2. The van der Waals surface area contributed by atoms with Crippen LogP contribution >= 0.6 is 11.6 Å². The first-order valence-corrected chi connectivity index (χ1v) is 12.2. The molecule has 2 aromatic rings. The number of sulfone groups is 2. The molecule has 5 nitrogen and oxygen atoms in total. The van der Waals surface area contributed by atoms with Crippen molar-refractivity contribution in [2.75, 3.05) is 24.4 Å². The van der Waals surface area contributed by atoms with Crippen LogP contribution in [0.2, 0.25) is 5.02 Å². The van der Waals surface area contributed by atoms with Crippen molar-refractivity contribution >= 4 is 37.0 Å². The molecule has 3 rings (SSSR count). The molecular formula is C18H20ClNO4S2. The van der Waals surface area contributed by atoms with E-state index in [1.54, 1.807) is 0 Å². The van der Waals surface area contributed by atoms with Gasteiger partial charge in [0.15, 0.2) is 19.7 Å². The van der Waals surface area contributed by atoms with Gasteiger partial charge in [0.2, 0.25) is 0 Å². The zero-order valence-electron chi connectivity index (χ0n) is 14.5. The Kier molecular flexibility index (Phi) is 4.83. The van der Waals surface area contributed by atoms with Gasteiger partial charge >= 0.3 is 0 Å². The van der Waals surface area contributed by atoms with Crippen molar-refractivity contribution < 1.29 is 16.8 Å². The molecule has 1 fully saturated rings. The zero-order valence-corrected chi connectivity index (χ0v) is 16.9. The molecule has 2 aromatic carbocycles. The monoisotopic (exact) mass is 413 g/mol. The number of hydrogen-bond acceptors (Lipinski definition) is 5. The molecule has 0 aromatic heterocycles. The van der Waals surface area contributed by atoms with Gasteiger partial charge in [0.1, 0.15) is 0 Å². The summed E-state index contributed by atoms with van der Waals surface area (Å²) in [6.45, 7) is 0.565. The van der Waals surface area contributed by atoms with Crippen molar-refractivity contribution in [1.29, 1.82) is 0 Å². The minimum Gasteiger partial charge on any atom is -0.383 e. The first kappa shape index (κ1) is 19.2. The topological polar surface area (TPSA) is 80.3 Å². The Bertz CT molecular complexity index is 1040. The maximum Gasteiger partial charge on any atom is 0.177 e. The van der Waals surface area contributed by atoms with E-state index >= 15 is 0 Å². The molecule has 0 spiro atoms. The van der Waals surface area contributed by atoms with Gasteiger partial charge in [-0.1, -0.05) is 23.7 Å². The molecule has 0 heterocycles. The maximum absolute atomic E-state index is 12.1. The van der Waals surface area contributed by atoms with Crippen LogP contribution in [0.4, 0.5) is 5.69 Å². The van der Waals surface area contributed by atoms with Crippen LogP contribution in [0, 0.1) is 0 Å². The fraction of sp³-hybridized carbons (Fsp3) is 0.333. The fourth-order valence-electron chi connectivity index (χ4n) is 2.97. The summed E-state index contributed by atoms with van der Waals surface area (Å²) >= 11 is 5.95. The van der Waals surface area contributed by atoms with E-state index < -0.39 is 19.7 Å². The second-order valence-electron chi connectivity index (χ2n) is 6.84. The minimum atomic E-state index is -3.58. The van der Waals surface area contributed by atoms with Crippen LogP contribution in [-0.4, -0.2) is 35.9 Å². The van der Waals surface area contributed by atoms with Crippen molar-refractivity contribution in [2.45, 2.75) is 28.0 Å². The molecule has 1 aliphatic carbocycles. The van der Waals surface area contributed by atoms with E-state index in [1.165, 1.54) is 18.2 Å². The van der Waals surface area contributed by atoms with Gasteiger partial charge in [0.05, 0.1) is 15.5 Å². The molecule has 140 valence electrons. The average molecular weight is 414 g/mol. The highest BCUT2D eigenvalue weighted by molar-refractivity contribution is 7.91. The van der Waals surface area contributed by atoms with Gasteiger partial charge in [0.25, 0.3) is 0 Å². The summed E-state index contributed by atoms with van der Waals surface area (Å²) < 4.78 is 47.7. The molecule has 1 aliphatic rings. The van der Waals surface area contributed by atoms with E-state index in [0.29, 0.717) is 17.3 Å². The zero-order chi connectivity index (χ0) is 19.2. The second kappa shape index (κ2) is 6.55. The maximum atomic E-state index is 12.1. The molecule has 1 N–H and O–H groups in total. The predicted molar refractivity (Wildman–Crippen MR) is 104 cm³/mol. The lowest BCUT2D eigenvalue weighted by Crippen LogP contribution is -2.20. The van der Waals surface area contributed by atoms with Gasteiger partial charge in [0, 0.05) is 29.5 Å². The lowest BCUT2D eigenvalue weighted by molar-refractivity contribution is 0.600. The van der Waals surface area contributed by atoms with Gasteiger partial charge in [-0.2, -0.15) is 0 Å². The summed E-state index contributed by atoms with van der Waals surface area (Å²) in [5.74, 6) is 0. The smallest absolute Gasteiger partial charge is 0.177 e. The van der Waals surface area contributed by atoms with E-state index in [-0.39, 0.29) is 15.2 Å². The summed E-state index contributed by atoms with van der Waals surface area (Å²) in [5, 5.41) is 3.88. The van der Waals surface area contributed by atoms with Gasteiger partial charge < -0.3 is 5.32 Å². The Balaban J connectivity index is 1.89. The van der Waals surface area contributed by atoms with Crippen LogP contribution < -0.4 is 5.32 Å². The highest BCUT2D eigenvalue weighted by atomic mass is 35.5. The summed E-state index contributed by atoms with van der Waals surface area (Å²) in [4.78, 5) is -0.0188. The van der Waals surface area contributed by atoms with Crippen LogP contribution in [0.25, 0.3) is 0 Å². The van der Waals surface area contributed by atoms with Crippen molar-refractivity contribution in [3.63, 3.8) is 0 Å². The van der Waals surface area contributed by atoms with Crippen molar-refractivity contribution in [3.8, 4) is 0 Å². The molecule has 0 radical (unpaired) electrons. The van der Waals surface area contributed by atoms with E-state index in [0.717, 1.165) is 30.9 Å². The van der Waals surface area contributed by atoms with Crippen LogP contribution in [0.3, 0.4) is 0 Å². The van der Waals surface area contributed by atoms with Crippen LogP contribution in [0.1, 0.15) is 18.4 Å². The molecule has 0 unspecified atom stereocenters. The Morgan fingerprint density at radius 3 is 2.08 bits per heavy atom. The summed E-state index contributed by atoms with van der Waals surface area (Å²) in [6.07, 6.45) is 4.13. The van der Waals surface area contributed by atoms with E-state index in [1.807, 2.05) is 24.3 Å². The highest BCUT2D eigenvalue weighted by Gasteiger charge is 2.44. The molecule has 8 heteroatoms. The minimum absolute atomic E-state index is 0.00710. The SMILES string of the molecule is CS(=O)(=O)c1ccc(NCC2(c3ccc(Cl)cc3)CC2)c(S(C)(=O)=O)c1. The average Bonchev–Trinajstić information content (AvgIpc) is 3.33. The summed E-state index contributed by atoms with van der Waals surface area (Å²) in [5.41, 5.74) is 1.53. The van der Waals surface area contributed by atoms with Crippen molar-refractivity contribution in [1.82, 2.24) is 0 Å². The number of nitrogens with one attached hydrogen (secondary N) is 1. The lowest BCUT2D eigenvalue weighted by atomic mass is 9.96. The third-order valence-corrected chi connectivity index (χ3v) is 7.21. The molecule has 26 heavy (non-hydrogen) atoms. The molecule has 1 saturated carbocycles. The number of hydrogen-bond donors (Lipinski definition) is 1. The van der Waals surface area contributed by atoms with E-state index in [9.17, 15) is 16.8 Å². The Morgan fingerprint density at radius 1 is 0.962 bits per heavy atom. The molecule has 0 saturated heterocycles. The van der Waals surface area contributed by atoms with Gasteiger partial charge in [-0.05, 0) is 48.7 Å². The predicted octanol–water partition coefficient (Wildman–Crippen LogP) is 3.29. The molecule has 0 amide bonds. The first-order chi connectivity index (χ1) is 12.0. The molecule has 0 atom stereocenters. The summed E-state index contributed by atoms with van der Waals surface area (Å²) in [7, 11) is -7.06. The number of rotatable bonds is 6. The third kappa shape index (κ3) is 4.05. The van der Waals surface area contributed by atoms with E-state index in [2.05, 4.69) is 5.32 Å². The lowest BCUT2D eigenvalue weighted by Gasteiger charge is -2.19. The summed E-state index contributed by atoms with van der Waals surface area (Å²) in [6, 6.07) is 11.8.